The van der Waals surface area contributed by atoms with Gasteiger partial charge in [0, 0.05) is 32.2 Å². The zero-order valence-corrected chi connectivity index (χ0v) is 16.7. The van der Waals surface area contributed by atoms with Crippen molar-refractivity contribution in [3.05, 3.63) is 0 Å². The second-order valence-corrected chi connectivity index (χ2v) is 7.30. The maximum atomic E-state index is 12.8. The van der Waals surface area contributed by atoms with Gasteiger partial charge in [0.05, 0.1) is 13.7 Å². The van der Waals surface area contributed by atoms with Gasteiger partial charge in [-0.2, -0.15) is 0 Å². The Morgan fingerprint density at radius 3 is 2.15 bits per heavy atom. The molecule has 2 unspecified atom stereocenters. The van der Waals surface area contributed by atoms with Gasteiger partial charge in [-0.1, -0.05) is 20.8 Å². The zero-order valence-electron chi connectivity index (χ0n) is 16.7. The molecule has 0 bridgehead atoms. The third-order valence-corrected chi connectivity index (χ3v) is 4.55. The van der Waals surface area contributed by atoms with Crippen molar-refractivity contribution in [2.24, 2.45) is 5.92 Å². The highest BCUT2D eigenvalue weighted by atomic mass is 16.5. The van der Waals surface area contributed by atoms with Crippen molar-refractivity contribution in [2.45, 2.75) is 52.6 Å². The summed E-state index contributed by atoms with van der Waals surface area (Å²) in [5.41, 5.74) is 0. The molecule has 8 heteroatoms. The largest absolute Gasteiger partial charge is 0.453 e. The maximum absolute atomic E-state index is 12.8. The van der Waals surface area contributed by atoms with Gasteiger partial charge in [-0.25, -0.2) is 4.79 Å². The molecule has 2 atom stereocenters. The topological polar surface area (TPSA) is 91.0 Å². The van der Waals surface area contributed by atoms with Gasteiger partial charge < -0.3 is 20.3 Å². The minimum absolute atomic E-state index is 0.0177. The Morgan fingerprint density at radius 2 is 1.65 bits per heavy atom. The van der Waals surface area contributed by atoms with Crippen LogP contribution in [-0.4, -0.2) is 79.6 Å². The molecule has 1 rings (SSSR count). The molecule has 1 saturated heterocycles. The lowest BCUT2D eigenvalue weighted by Gasteiger charge is -2.36. The van der Waals surface area contributed by atoms with E-state index >= 15 is 0 Å². The number of rotatable bonds is 8. The minimum atomic E-state index is -0.593. The highest BCUT2D eigenvalue weighted by Gasteiger charge is 2.29. The van der Waals surface area contributed by atoms with Gasteiger partial charge in [-0.3, -0.25) is 14.5 Å². The third kappa shape index (κ3) is 7.59. The van der Waals surface area contributed by atoms with Crippen LogP contribution in [0.2, 0.25) is 0 Å². The van der Waals surface area contributed by atoms with E-state index in [2.05, 4.69) is 15.4 Å². The van der Waals surface area contributed by atoms with Crippen LogP contribution >= 0.6 is 0 Å². The van der Waals surface area contributed by atoms with Crippen LogP contribution in [0.15, 0.2) is 0 Å². The molecule has 26 heavy (non-hydrogen) atoms. The van der Waals surface area contributed by atoms with Crippen LogP contribution in [0.4, 0.5) is 4.79 Å². The third-order valence-electron chi connectivity index (χ3n) is 4.55. The highest BCUT2D eigenvalue weighted by molar-refractivity contribution is 5.85. The van der Waals surface area contributed by atoms with Gasteiger partial charge in [0.2, 0.25) is 11.8 Å². The quantitative estimate of drug-likeness (QED) is 0.660. The predicted octanol–water partition coefficient (Wildman–Crippen LogP) is 0.816. The van der Waals surface area contributed by atoms with Crippen LogP contribution in [-0.2, 0) is 14.3 Å². The molecule has 0 saturated carbocycles. The van der Waals surface area contributed by atoms with Gasteiger partial charge in [-0.15, -0.1) is 0 Å². The summed E-state index contributed by atoms with van der Waals surface area (Å²) >= 11 is 0. The molecule has 1 heterocycles. The van der Waals surface area contributed by atoms with E-state index in [0.29, 0.717) is 39.1 Å². The number of carbonyl (C=O) groups is 3. The summed E-state index contributed by atoms with van der Waals surface area (Å²) in [7, 11) is 1.29. The van der Waals surface area contributed by atoms with Gasteiger partial charge in [-0.05, 0) is 25.7 Å². The summed E-state index contributed by atoms with van der Waals surface area (Å²) in [6.45, 7) is 10.8. The number of methoxy groups -OCH3 is 1. The average molecular weight is 370 g/mol. The van der Waals surface area contributed by atoms with Crippen LogP contribution in [0.25, 0.3) is 0 Å². The summed E-state index contributed by atoms with van der Waals surface area (Å²) in [5.74, 6) is 0.198. The van der Waals surface area contributed by atoms with Gasteiger partial charge in [0.25, 0.3) is 0 Å². The van der Waals surface area contributed by atoms with Crippen LogP contribution in [0.5, 0.6) is 0 Å². The fourth-order valence-corrected chi connectivity index (χ4v) is 2.87. The Morgan fingerprint density at radius 1 is 1.04 bits per heavy atom. The average Bonchev–Trinajstić information content (AvgIpc) is 2.60. The summed E-state index contributed by atoms with van der Waals surface area (Å²) in [5, 5.41) is 5.59. The Balaban J connectivity index is 2.52. The number of hydrogen-bond acceptors (Lipinski definition) is 5. The Labute approximate surface area is 156 Å². The van der Waals surface area contributed by atoms with Crippen molar-refractivity contribution >= 4 is 17.9 Å². The van der Waals surface area contributed by atoms with Crippen molar-refractivity contribution < 1.29 is 19.1 Å². The highest BCUT2D eigenvalue weighted by Crippen LogP contribution is 2.11. The predicted molar refractivity (Wildman–Crippen MR) is 99.7 cm³/mol. The smallest absolute Gasteiger partial charge is 0.407 e. The first-order chi connectivity index (χ1) is 12.3. The molecule has 1 fully saturated rings. The van der Waals surface area contributed by atoms with E-state index in [1.54, 1.807) is 4.90 Å². The zero-order chi connectivity index (χ0) is 19.7. The first-order valence-corrected chi connectivity index (χ1v) is 9.41. The van der Waals surface area contributed by atoms with Crippen molar-refractivity contribution in [2.75, 3.05) is 39.8 Å². The van der Waals surface area contributed by atoms with E-state index in [4.69, 9.17) is 0 Å². The standard InChI is InChI=1S/C18H34N4O4/c1-6-14(4)19-16(23)12-21-7-9-22(10-8-21)17(24)15(11-13(2)3)20-18(25)26-5/h13-15H,6-12H2,1-5H3,(H,19,23)(H,20,25). The summed E-state index contributed by atoms with van der Waals surface area (Å²) in [4.78, 5) is 40.1. The number of alkyl carbamates (subject to hydrolysis) is 1. The lowest BCUT2D eigenvalue weighted by molar-refractivity contribution is -0.135. The molecular weight excluding hydrogens is 336 g/mol. The van der Waals surface area contributed by atoms with Crippen LogP contribution in [0, 0.1) is 5.92 Å². The van der Waals surface area contributed by atoms with Crippen molar-refractivity contribution in [3.8, 4) is 0 Å². The number of ether oxygens (including phenoxy) is 1. The van der Waals surface area contributed by atoms with Crippen molar-refractivity contribution in [1.29, 1.82) is 0 Å². The number of nitrogens with zero attached hydrogens (tertiary/aromatic N) is 2. The first-order valence-electron chi connectivity index (χ1n) is 9.41. The number of hydrogen-bond donors (Lipinski definition) is 2. The fraction of sp³-hybridized carbons (Fsp3) is 0.833. The fourth-order valence-electron chi connectivity index (χ4n) is 2.87. The van der Waals surface area contributed by atoms with Gasteiger partial charge >= 0.3 is 6.09 Å². The first kappa shape index (κ1) is 22.2. The van der Waals surface area contributed by atoms with E-state index in [0.717, 1.165) is 6.42 Å². The molecule has 0 aromatic rings. The van der Waals surface area contributed by atoms with Crippen LogP contribution in [0.1, 0.15) is 40.5 Å². The molecule has 0 radical (unpaired) electrons. The summed E-state index contributed by atoms with van der Waals surface area (Å²) in [6, 6.07) is -0.408. The molecular formula is C18H34N4O4. The lowest BCUT2D eigenvalue weighted by atomic mass is 10.0. The van der Waals surface area contributed by atoms with E-state index in [1.807, 2.05) is 32.6 Å². The van der Waals surface area contributed by atoms with Gasteiger partial charge in [0.15, 0.2) is 0 Å². The van der Waals surface area contributed by atoms with E-state index in [-0.39, 0.29) is 23.8 Å². The van der Waals surface area contributed by atoms with Crippen LogP contribution in [0.3, 0.4) is 0 Å². The number of piperazine rings is 1. The molecule has 150 valence electrons. The molecule has 2 N–H and O–H groups in total. The monoisotopic (exact) mass is 370 g/mol. The van der Waals surface area contributed by atoms with E-state index < -0.39 is 12.1 Å². The van der Waals surface area contributed by atoms with Crippen LogP contribution < -0.4 is 10.6 Å². The minimum Gasteiger partial charge on any atom is -0.453 e. The SMILES string of the molecule is CCC(C)NC(=O)CN1CCN(C(=O)C(CC(C)C)NC(=O)OC)CC1. The number of amides is 3. The molecule has 0 aromatic carbocycles. The molecule has 3 amide bonds. The van der Waals surface area contributed by atoms with E-state index in [9.17, 15) is 14.4 Å². The normalized spacial score (nSPS) is 17.5. The Kier molecular flexibility index (Phi) is 9.40. The lowest BCUT2D eigenvalue weighted by Crippen LogP contribution is -2.56. The Hall–Kier alpha value is -1.83. The molecule has 0 aromatic heterocycles. The second-order valence-electron chi connectivity index (χ2n) is 7.30. The Bertz CT molecular complexity index is 476. The molecule has 8 nitrogen and oxygen atoms in total. The van der Waals surface area contributed by atoms with Crippen molar-refractivity contribution in [1.82, 2.24) is 20.4 Å². The molecule has 1 aliphatic heterocycles. The molecule has 0 aliphatic carbocycles. The van der Waals surface area contributed by atoms with Crippen molar-refractivity contribution in [3.63, 3.8) is 0 Å². The summed E-state index contributed by atoms with van der Waals surface area (Å²) in [6.07, 6.45) is 0.869. The molecule has 0 spiro atoms. The maximum Gasteiger partial charge on any atom is 0.407 e. The van der Waals surface area contributed by atoms with E-state index in [1.165, 1.54) is 7.11 Å². The second kappa shape index (κ2) is 11.0. The number of carbonyl (C=O) groups excluding carboxylic acids is 3. The van der Waals surface area contributed by atoms with Gasteiger partial charge in [0.1, 0.15) is 6.04 Å². The molecule has 1 aliphatic rings. The number of nitrogens with one attached hydrogen (secondary N) is 2. The summed E-state index contributed by atoms with van der Waals surface area (Å²) < 4.78 is 4.63.